The summed E-state index contributed by atoms with van der Waals surface area (Å²) in [5.74, 6) is 2.20. The molecule has 0 atom stereocenters. The molecule has 0 unspecified atom stereocenters. The molecule has 0 radical (unpaired) electrons. The van der Waals surface area contributed by atoms with Gasteiger partial charge in [-0.3, -0.25) is 4.40 Å². The fourth-order valence-electron chi connectivity index (χ4n) is 2.35. The Labute approximate surface area is 139 Å². The third kappa shape index (κ3) is 3.38. The molecule has 120 valence electrons. The zero-order valence-electron chi connectivity index (χ0n) is 12.9. The lowest BCUT2D eigenvalue weighted by Gasteiger charge is -2.11. The minimum Gasteiger partial charge on any atom is -0.497 e. The predicted molar refractivity (Wildman–Crippen MR) is 88.1 cm³/mol. The maximum Gasteiger partial charge on any atom is 0.234 e. The summed E-state index contributed by atoms with van der Waals surface area (Å²) in [6, 6.07) is 5.77. The lowest BCUT2D eigenvalue weighted by Crippen LogP contribution is -2.14. The van der Waals surface area contributed by atoms with Crippen molar-refractivity contribution in [2.75, 3.05) is 14.2 Å². The predicted octanol–water partition coefficient (Wildman–Crippen LogP) is 2.69. The summed E-state index contributed by atoms with van der Waals surface area (Å²) in [6.45, 7) is 1.30. The van der Waals surface area contributed by atoms with E-state index in [1.807, 2.05) is 28.8 Å². The topological polar surface area (TPSA) is 60.7 Å². The van der Waals surface area contributed by atoms with Gasteiger partial charge in [0.15, 0.2) is 0 Å². The number of benzene rings is 1. The fraction of sp³-hybridized carbons (Fsp3) is 0.250. The molecule has 0 bridgehead atoms. The van der Waals surface area contributed by atoms with Crippen LogP contribution < -0.4 is 14.8 Å². The molecule has 7 heteroatoms. The van der Waals surface area contributed by atoms with Gasteiger partial charge in [-0.25, -0.2) is 9.97 Å². The minimum atomic E-state index is 0.577. The van der Waals surface area contributed by atoms with Crippen LogP contribution >= 0.6 is 11.6 Å². The van der Waals surface area contributed by atoms with Gasteiger partial charge < -0.3 is 14.8 Å². The molecule has 3 rings (SSSR count). The first-order valence-electron chi connectivity index (χ1n) is 7.10. The summed E-state index contributed by atoms with van der Waals surface area (Å²) in [4.78, 5) is 8.43. The normalized spacial score (nSPS) is 10.9. The van der Waals surface area contributed by atoms with Gasteiger partial charge in [-0.15, -0.1) is 0 Å². The van der Waals surface area contributed by atoms with E-state index in [0.717, 1.165) is 22.8 Å². The zero-order valence-corrected chi connectivity index (χ0v) is 13.7. The molecule has 23 heavy (non-hydrogen) atoms. The van der Waals surface area contributed by atoms with Gasteiger partial charge in [-0.05, 0) is 6.07 Å². The van der Waals surface area contributed by atoms with Crippen molar-refractivity contribution >= 4 is 17.4 Å². The molecule has 3 aromatic rings. The fourth-order valence-corrected chi connectivity index (χ4v) is 2.50. The van der Waals surface area contributed by atoms with Crippen molar-refractivity contribution in [3.05, 3.63) is 53.1 Å². The lowest BCUT2D eigenvalue weighted by molar-refractivity contribution is 0.389. The van der Waals surface area contributed by atoms with Crippen LogP contribution in [0.25, 0.3) is 5.78 Å². The van der Waals surface area contributed by atoms with E-state index in [4.69, 9.17) is 21.1 Å². The van der Waals surface area contributed by atoms with E-state index in [0.29, 0.717) is 23.9 Å². The average molecular weight is 333 g/mol. The highest BCUT2D eigenvalue weighted by atomic mass is 35.5. The highest BCUT2D eigenvalue weighted by Gasteiger charge is 2.07. The van der Waals surface area contributed by atoms with Gasteiger partial charge in [0.1, 0.15) is 11.5 Å². The monoisotopic (exact) mass is 332 g/mol. The number of imidazole rings is 1. The Morgan fingerprint density at radius 3 is 2.74 bits per heavy atom. The van der Waals surface area contributed by atoms with E-state index in [9.17, 15) is 0 Å². The molecule has 6 nitrogen and oxygen atoms in total. The Balaban J connectivity index is 1.70. The minimum absolute atomic E-state index is 0.577. The molecule has 0 saturated carbocycles. The van der Waals surface area contributed by atoms with E-state index in [-0.39, 0.29) is 0 Å². The maximum atomic E-state index is 5.99. The number of nitrogens with one attached hydrogen (secondary N) is 1. The third-order valence-electron chi connectivity index (χ3n) is 3.53. The summed E-state index contributed by atoms with van der Waals surface area (Å²) in [5, 5.41) is 3.95. The number of rotatable bonds is 6. The van der Waals surface area contributed by atoms with Gasteiger partial charge in [0.2, 0.25) is 5.78 Å². The van der Waals surface area contributed by atoms with Crippen LogP contribution in [0.3, 0.4) is 0 Å². The molecule has 1 N–H and O–H groups in total. The number of hydrogen-bond acceptors (Lipinski definition) is 5. The standard InChI is InChI=1S/C16H17ClN4O2/c1-22-14-4-3-11(15(5-14)23-2)6-18-8-13-9-20-16-19-7-12(17)10-21(13)16/h3-5,7,9-10,18H,6,8H2,1-2H3. The number of halogens is 1. The van der Waals surface area contributed by atoms with Crippen LogP contribution in [0.15, 0.2) is 36.8 Å². The number of ether oxygens (including phenoxy) is 2. The van der Waals surface area contributed by atoms with Crippen LogP contribution in [0.4, 0.5) is 0 Å². The van der Waals surface area contributed by atoms with Gasteiger partial charge >= 0.3 is 0 Å². The molecular formula is C16H17ClN4O2. The van der Waals surface area contributed by atoms with Crippen LogP contribution in [-0.4, -0.2) is 28.6 Å². The van der Waals surface area contributed by atoms with Crippen molar-refractivity contribution < 1.29 is 9.47 Å². The maximum absolute atomic E-state index is 5.99. The molecule has 0 aliphatic carbocycles. The van der Waals surface area contributed by atoms with E-state index >= 15 is 0 Å². The van der Waals surface area contributed by atoms with Crippen molar-refractivity contribution in [1.29, 1.82) is 0 Å². The summed E-state index contributed by atoms with van der Waals surface area (Å²) < 4.78 is 12.5. The van der Waals surface area contributed by atoms with Gasteiger partial charge in [0.05, 0.1) is 37.3 Å². The largest absolute Gasteiger partial charge is 0.497 e. The zero-order chi connectivity index (χ0) is 16.2. The Bertz CT molecular complexity index is 819. The SMILES string of the molecule is COc1ccc(CNCc2cnc3ncc(Cl)cn23)c(OC)c1. The third-order valence-corrected chi connectivity index (χ3v) is 3.72. The van der Waals surface area contributed by atoms with E-state index in [1.54, 1.807) is 26.6 Å². The summed E-state index contributed by atoms with van der Waals surface area (Å²) >= 11 is 5.99. The van der Waals surface area contributed by atoms with Gasteiger partial charge in [-0.1, -0.05) is 17.7 Å². The average Bonchev–Trinajstić information content (AvgIpc) is 2.97. The first-order valence-corrected chi connectivity index (χ1v) is 7.48. The Hall–Kier alpha value is -2.31. The number of hydrogen-bond donors (Lipinski definition) is 1. The van der Waals surface area contributed by atoms with Gasteiger partial charge in [0, 0.05) is 30.9 Å². The lowest BCUT2D eigenvalue weighted by atomic mass is 10.2. The first-order chi connectivity index (χ1) is 11.2. The van der Waals surface area contributed by atoms with Gasteiger partial charge in [0.25, 0.3) is 0 Å². The molecule has 2 aromatic heterocycles. The van der Waals surface area contributed by atoms with E-state index in [1.165, 1.54) is 0 Å². The van der Waals surface area contributed by atoms with E-state index in [2.05, 4.69) is 15.3 Å². The number of methoxy groups -OCH3 is 2. The van der Waals surface area contributed by atoms with Gasteiger partial charge in [-0.2, -0.15) is 0 Å². The molecule has 1 aromatic carbocycles. The van der Waals surface area contributed by atoms with Crippen LogP contribution in [0, 0.1) is 0 Å². The second kappa shape index (κ2) is 6.85. The molecule has 2 heterocycles. The van der Waals surface area contributed by atoms with E-state index < -0.39 is 0 Å². The van der Waals surface area contributed by atoms with Crippen LogP contribution in [0.1, 0.15) is 11.3 Å². The Morgan fingerprint density at radius 1 is 1.13 bits per heavy atom. The molecular weight excluding hydrogens is 316 g/mol. The second-order valence-corrected chi connectivity index (χ2v) is 5.41. The molecule has 0 saturated heterocycles. The first kappa shape index (κ1) is 15.6. The molecule has 0 aliphatic heterocycles. The van der Waals surface area contributed by atoms with Crippen LogP contribution in [-0.2, 0) is 13.1 Å². The molecule has 0 spiro atoms. The van der Waals surface area contributed by atoms with Crippen molar-refractivity contribution in [1.82, 2.24) is 19.7 Å². The molecule has 0 fully saturated rings. The highest BCUT2D eigenvalue weighted by Crippen LogP contribution is 2.24. The highest BCUT2D eigenvalue weighted by molar-refractivity contribution is 6.30. The summed E-state index contributed by atoms with van der Waals surface area (Å²) in [7, 11) is 3.28. The van der Waals surface area contributed by atoms with Crippen molar-refractivity contribution in [2.24, 2.45) is 0 Å². The number of nitrogens with zero attached hydrogens (tertiary/aromatic N) is 3. The van der Waals surface area contributed by atoms with Crippen molar-refractivity contribution in [2.45, 2.75) is 13.1 Å². The van der Waals surface area contributed by atoms with Crippen LogP contribution in [0.2, 0.25) is 5.02 Å². The quantitative estimate of drug-likeness (QED) is 0.752. The smallest absolute Gasteiger partial charge is 0.234 e. The summed E-state index contributed by atoms with van der Waals surface area (Å²) in [6.07, 6.45) is 5.18. The van der Waals surface area contributed by atoms with Crippen molar-refractivity contribution in [3.8, 4) is 11.5 Å². The molecule has 0 amide bonds. The second-order valence-electron chi connectivity index (χ2n) is 4.97. The number of fused-ring (bicyclic) bond motifs is 1. The van der Waals surface area contributed by atoms with Crippen LogP contribution in [0.5, 0.6) is 11.5 Å². The molecule has 0 aliphatic rings. The Morgan fingerprint density at radius 2 is 1.96 bits per heavy atom. The van der Waals surface area contributed by atoms with Crippen molar-refractivity contribution in [3.63, 3.8) is 0 Å². The number of aromatic nitrogens is 3. The Kier molecular flexibility index (Phi) is 4.64. The summed E-state index contributed by atoms with van der Waals surface area (Å²) in [5.41, 5.74) is 2.04.